The van der Waals surface area contributed by atoms with Crippen molar-refractivity contribution in [2.45, 2.75) is 13.0 Å². The normalized spacial score (nSPS) is 15.6. The number of amides is 1. The number of aromatic nitrogens is 2. The van der Waals surface area contributed by atoms with Crippen molar-refractivity contribution in [2.75, 3.05) is 36.5 Å². The van der Waals surface area contributed by atoms with Gasteiger partial charge in [-0.3, -0.25) is 4.79 Å². The second-order valence-electron chi connectivity index (χ2n) is 6.49. The average molecular weight is 419 g/mol. The van der Waals surface area contributed by atoms with Gasteiger partial charge < -0.3 is 20.1 Å². The van der Waals surface area contributed by atoms with Crippen LogP contribution in [-0.2, 0) is 9.53 Å². The fraction of sp³-hybridized carbons (Fsp3) is 0.316. The molecule has 0 unspecified atom stereocenters. The zero-order chi connectivity index (χ0) is 19.7. The molecule has 3 heterocycles. The summed E-state index contributed by atoms with van der Waals surface area (Å²) in [6, 6.07) is 9.46. The van der Waals surface area contributed by atoms with Gasteiger partial charge in [-0.2, -0.15) is 4.98 Å². The van der Waals surface area contributed by atoms with E-state index in [-0.39, 0.29) is 5.28 Å². The largest absolute Gasteiger partial charge is 0.384 e. The van der Waals surface area contributed by atoms with Gasteiger partial charge in [-0.05, 0) is 42.3 Å². The van der Waals surface area contributed by atoms with Crippen LogP contribution in [0, 0.1) is 0 Å². The molecule has 0 radical (unpaired) electrons. The molecule has 0 saturated carbocycles. The first-order chi connectivity index (χ1) is 13.5. The highest BCUT2D eigenvalue weighted by Gasteiger charge is 2.19. The highest BCUT2D eigenvalue weighted by atomic mass is 35.5. The van der Waals surface area contributed by atoms with E-state index in [0.717, 1.165) is 39.6 Å². The first-order valence-corrected chi connectivity index (χ1v) is 10.1. The minimum atomic E-state index is -1.07. The van der Waals surface area contributed by atoms with Gasteiger partial charge in [0.15, 0.2) is 5.82 Å². The number of aliphatic hydroxyl groups is 1. The Balaban J connectivity index is 1.71. The van der Waals surface area contributed by atoms with Gasteiger partial charge in [-0.15, -0.1) is 11.3 Å². The van der Waals surface area contributed by atoms with Crippen LogP contribution >= 0.6 is 22.9 Å². The van der Waals surface area contributed by atoms with Gasteiger partial charge >= 0.3 is 0 Å². The molecule has 146 valence electrons. The molecule has 2 N–H and O–H groups in total. The standard InChI is InChI=1S/C19H19ClN4O3S/c1-11(25)18(26)21-13-4-2-3-12(9-13)15-10-14-16(28-15)17(23-19(20)22-14)24-5-7-27-8-6-24/h2-4,9-11,25H,5-8H2,1H3,(H,21,26)/t11-/m0/s1. The molecule has 3 aromatic rings. The van der Waals surface area contributed by atoms with E-state index in [4.69, 9.17) is 16.3 Å². The lowest BCUT2D eigenvalue weighted by molar-refractivity contribution is -0.123. The van der Waals surface area contributed by atoms with E-state index in [0.29, 0.717) is 18.9 Å². The maximum atomic E-state index is 11.8. The third-order valence-corrected chi connectivity index (χ3v) is 5.77. The van der Waals surface area contributed by atoms with Crippen molar-refractivity contribution in [3.05, 3.63) is 35.6 Å². The highest BCUT2D eigenvalue weighted by molar-refractivity contribution is 7.22. The van der Waals surface area contributed by atoms with E-state index in [1.54, 1.807) is 17.4 Å². The van der Waals surface area contributed by atoms with E-state index < -0.39 is 12.0 Å². The van der Waals surface area contributed by atoms with Crippen LogP contribution in [-0.4, -0.2) is 53.4 Å². The van der Waals surface area contributed by atoms with Gasteiger partial charge in [0.2, 0.25) is 5.28 Å². The number of carbonyl (C=O) groups excluding carboxylic acids is 1. The number of nitrogens with one attached hydrogen (secondary N) is 1. The predicted molar refractivity (Wildman–Crippen MR) is 111 cm³/mol. The monoisotopic (exact) mass is 418 g/mol. The third kappa shape index (κ3) is 3.95. The molecule has 1 amide bonds. The number of rotatable bonds is 4. The third-order valence-electron chi connectivity index (χ3n) is 4.43. The second-order valence-corrected chi connectivity index (χ2v) is 7.88. The molecule has 1 aromatic carbocycles. The molecule has 1 aliphatic rings. The number of hydrogen-bond acceptors (Lipinski definition) is 7. The van der Waals surface area contributed by atoms with E-state index in [9.17, 15) is 9.90 Å². The Morgan fingerprint density at radius 2 is 2.11 bits per heavy atom. The summed E-state index contributed by atoms with van der Waals surface area (Å²) < 4.78 is 6.40. The Bertz CT molecular complexity index is 1020. The summed E-state index contributed by atoms with van der Waals surface area (Å²) in [5.41, 5.74) is 2.36. The number of thiophene rings is 1. The van der Waals surface area contributed by atoms with Crippen molar-refractivity contribution in [1.29, 1.82) is 0 Å². The smallest absolute Gasteiger partial charge is 0.252 e. The molecule has 1 saturated heterocycles. The molecule has 1 fully saturated rings. The highest BCUT2D eigenvalue weighted by Crippen LogP contribution is 2.38. The minimum Gasteiger partial charge on any atom is -0.384 e. The van der Waals surface area contributed by atoms with Gasteiger partial charge in [-0.25, -0.2) is 4.98 Å². The summed E-state index contributed by atoms with van der Waals surface area (Å²) in [4.78, 5) is 23.7. The van der Waals surface area contributed by atoms with E-state index in [1.165, 1.54) is 6.92 Å². The van der Waals surface area contributed by atoms with Crippen molar-refractivity contribution in [3.8, 4) is 10.4 Å². The van der Waals surface area contributed by atoms with Crippen LogP contribution in [0.3, 0.4) is 0 Å². The van der Waals surface area contributed by atoms with Gasteiger partial charge in [0.1, 0.15) is 6.10 Å². The second kappa shape index (κ2) is 8.00. The fourth-order valence-corrected chi connectivity index (χ4v) is 4.30. The molecule has 7 nitrogen and oxygen atoms in total. The quantitative estimate of drug-likeness (QED) is 0.633. The number of carbonyl (C=O) groups is 1. The van der Waals surface area contributed by atoms with Crippen LogP contribution in [0.25, 0.3) is 20.7 Å². The fourth-order valence-electron chi connectivity index (χ4n) is 3.02. The van der Waals surface area contributed by atoms with Crippen molar-refractivity contribution in [1.82, 2.24) is 9.97 Å². The van der Waals surface area contributed by atoms with Crippen molar-refractivity contribution < 1.29 is 14.6 Å². The summed E-state index contributed by atoms with van der Waals surface area (Å²) in [5, 5.41) is 12.3. The number of benzene rings is 1. The van der Waals surface area contributed by atoms with Crippen LogP contribution in [0.4, 0.5) is 11.5 Å². The zero-order valence-corrected chi connectivity index (χ0v) is 16.8. The number of aliphatic hydroxyl groups excluding tert-OH is 1. The molecule has 9 heteroatoms. The lowest BCUT2D eigenvalue weighted by Crippen LogP contribution is -2.36. The Hall–Kier alpha value is -2.26. The molecular formula is C19H19ClN4O3S. The van der Waals surface area contributed by atoms with Gasteiger partial charge in [0, 0.05) is 23.7 Å². The molecule has 1 atom stereocenters. The van der Waals surface area contributed by atoms with E-state index in [1.807, 2.05) is 24.3 Å². The number of ether oxygens (including phenoxy) is 1. The molecule has 2 aromatic heterocycles. The lowest BCUT2D eigenvalue weighted by Gasteiger charge is -2.28. The van der Waals surface area contributed by atoms with E-state index >= 15 is 0 Å². The summed E-state index contributed by atoms with van der Waals surface area (Å²) in [5.74, 6) is 0.383. The Morgan fingerprint density at radius 1 is 1.32 bits per heavy atom. The first kappa shape index (κ1) is 19.1. The van der Waals surface area contributed by atoms with Gasteiger partial charge in [0.25, 0.3) is 5.91 Å². The number of halogens is 1. The average Bonchev–Trinajstić information content (AvgIpc) is 3.12. The van der Waals surface area contributed by atoms with Crippen molar-refractivity contribution in [3.63, 3.8) is 0 Å². The molecular weight excluding hydrogens is 400 g/mol. The SMILES string of the molecule is C[C@H](O)C(=O)Nc1cccc(-c2cc3nc(Cl)nc(N4CCOCC4)c3s2)c1. The predicted octanol–water partition coefficient (Wildman–Crippen LogP) is 3.17. The first-order valence-electron chi connectivity index (χ1n) is 8.90. The van der Waals surface area contributed by atoms with Crippen molar-refractivity contribution >= 4 is 50.6 Å². The number of morpholine rings is 1. The van der Waals surface area contributed by atoms with Crippen LogP contribution in [0.1, 0.15) is 6.92 Å². The molecule has 1 aliphatic heterocycles. The number of anilines is 2. The van der Waals surface area contributed by atoms with Gasteiger partial charge in [0.05, 0.1) is 23.4 Å². The Labute approximate surface area is 170 Å². The maximum Gasteiger partial charge on any atom is 0.252 e. The molecule has 0 aliphatic carbocycles. The van der Waals surface area contributed by atoms with Crippen LogP contribution in [0.5, 0.6) is 0 Å². The summed E-state index contributed by atoms with van der Waals surface area (Å²) in [7, 11) is 0. The zero-order valence-electron chi connectivity index (χ0n) is 15.2. The summed E-state index contributed by atoms with van der Waals surface area (Å²) in [6.45, 7) is 4.27. The molecule has 0 bridgehead atoms. The van der Waals surface area contributed by atoms with Crippen LogP contribution in [0.2, 0.25) is 5.28 Å². The van der Waals surface area contributed by atoms with Crippen molar-refractivity contribution in [2.24, 2.45) is 0 Å². The Morgan fingerprint density at radius 3 is 2.86 bits per heavy atom. The maximum absolute atomic E-state index is 11.8. The molecule has 28 heavy (non-hydrogen) atoms. The Kier molecular flexibility index (Phi) is 5.45. The summed E-state index contributed by atoms with van der Waals surface area (Å²) in [6.07, 6.45) is -1.07. The number of hydrogen-bond donors (Lipinski definition) is 2. The molecule has 4 rings (SSSR count). The lowest BCUT2D eigenvalue weighted by atomic mass is 10.1. The topological polar surface area (TPSA) is 87.6 Å². The van der Waals surface area contributed by atoms with Crippen LogP contribution < -0.4 is 10.2 Å². The van der Waals surface area contributed by atoms with Crippen LogP contribution in [0.15, 0.2) is 30.3 Å². The minimum absolute atomic E-state index is 0.219. The number of fused-ring (bicyclic) bond motifs is 1. The molecule has 0 spiro atoms. The van der Waals surface area contributed by atoms with E-state index in [2.05, 4.69) is 20.2 Å². The summed E-state index contributed by atoms with van der Waals surface area (Å²) >= 11 is 7.75. The van der Waals surface area contributed by atoms with Gasteiger partial charge in [-0.1, -0.05) is 12.1 Å². The number of nitrogens with zero attached hydrogens (tertiary/aromatic N) is 3.